The van der Waals surface area contributed by atoms with Crippen LogP contribution in [0.15, 0.2) is 11.0 Å². The molecular formula is C12H18ClN3O. The molecule has 1 aromatic heterocycles. The van der Waals surface area contributed by atoms with Crippen LogP contribution >= 0.6 is 11.6 Å². The summed E-state index contributed by atoms with van der Waals surface area (Å²) in [6, 6.07) is 0.375. The van der Waals surface area contributed by atoms with Crippen LogP contribution in [-0.2, 0) is 0 Å². The highest BCUT2D eigenvalue weighted by Crippen LogP contribution is 2.36. The van der Waals surface area contributed by atoms with Crippen molar-refractivity contribution in [2.45, 2.75) is 45.6 Å². The summed E-state index contributed by atoms with van der Waals surface area (Å²) >= 11 is 5.94. The molecule has 1 saturated carbocycles. The van der Waals surface area contributed by atoms with E-state index in [9.17, 15) is 4.79 Å². The highest BCUT2D eigenvalue weighted by atomic mass is 35.5. The van der Waals surface area contributed by atoms with Gasteiger partial charge in [-0.25, -0.2) is 5.10 Å². The number of aromatic nitrogens is 2. The topological polar surface area (TPSA) is 57.8 Å². The van der Waals surface area contributed by atoms with Crippen molar-refractivity contribution in [1.82, 2.24) is 10.2 Å². The third kappa shape index (κ3) is 3.00. The summed E-state index contributed by atoms with van der Waals surface area (Å²) in [5, 5.41) is 9.61. The van der Waals surface area contributed by atoms with Gasteiger partial charge < -0.3 is 5.32 Å². The number of nitrogens with one attached hydrogen (secondary N) is 2. The van der Waals surface area contributed by atoms with Crippen molar-refractivity contribution in [3.63, 3.8) is 0 Å². The molecule has 0 saturated heterocycles. The summed E-state index contributed by atoms with van der Waals surface area (Å²) in [6.45, 7) is 4.55. The number of H-pyrrole nitrogens is 1. The zero-order valence-corrected chi connectivity index (χ0v) is 11.0. The standard InChI is InChI=1S/C12H18ClN3O/c1-12(2)5-3-4-8(6-12)15-9-7-14-16-11(17)10(9)13/h7-8H,3-6H2,1-2H3,(H2,15,16,17). The maximum absolute atomic E-state index is 11.3. The molecule has 1 fully saturated rings. The number of halogens is 1. The van der Waals surface area contributed by atoms with Crippen LogP contribution in [0.4, 0.5) is 5.69 Å². The van der Waals surface area contributed by atoms with Crippen LogP contribution in [-0.4, -0.2) is 16.2 Å². The first-order valence-electron chi connectivity index (χ1n) is 5.98. The minimum absolute atomic E-state index is 0.198. The molecule has 0 spiro atoms. The van der Waals surface area contributed by atoms with Crippen LogP contribution in [0.25, 0.3) is 0 Å². The highest BCUT2D eigenvalue weighted by molar-refractivity contribution is 6.32. The van der Waals surface area contributed by atoms with Crippen molar-refractivity contribution in [2.24, 2.45) is 5.41 Å². The van der Waals surface area contributed by atoms with E-state index in [2.05, 4.69) is 29.4 Å². The van der Waals surface area contributed by atoms with E-state index in [0.29, 0.717) is 17.1 Å². The third-order valence-corrected chi connectivity index (χ3v) is 3.74. The number of anilines is 1. The summed E-state index contributed by atoms with van der Waals surface area (Å²) in [5.74, 6) is 0. The van der Waals surface area contributed by atoms with Gasteiger partial charge in [0, 0.05) is 6.04 Å². The lowest BCUT2D eigenvalue weighted by atomic mass is 9.75. The highest BCUT2D eigenvalue weighted by Gasteiger charge is 2.28. The van der Waals surface area contributed by atoms with Gasteiger partial charge in [-0.15, -0.1) is 0 Å². The lowest BCUT2D eigenvalue weighted by Crippen LogP contribution is -2.32. The summed E-state index contributed by atoms with van der Waals surface area (Å²) in [4.78, 5) is 11.3. The van der Waals surface area contributed by atoms with Crippen LogP contribution in [0, 0.1) is 5.41 Å². The van der Waals surface area contributed by atoms with E-state index in [1.165, 1.54) is 12.8 Å². The summed E-state index contributed by atoms with van der Waals surface area (Å²) < 4.78 is 0. The second-order valence-electron chi connectivity index (χ2n) is 5.53. The summed E-state index contributed by atoms with van der Waals surface area (Å²) in [5.41, 5.74) is 0.654. The number of rotatable bonds is 2. The molecule has 0 radical (unpaired) electrons. The zero-order valence-electron chi connectivity index (χ0n) is 10.2. The predicted octanol–water partition coefficient (Wildman–Crippen LogP) is 2.80. The van der Waals surface area contributed by atoms with Gasteiger partial charge in [0.05, 0.1) is 11.9 Å². The number of nitrogens with zero attached hydrogens (tertiary/aromatic N) is 1. The van der Waals surface area contributed by atoms with Gasteiger partial charge >= 0.3 is 0 Å². The quantitative estimate of drug-likeness (QED) is 0.854. The Morgan fingerprint density at radius 2 is 2.35 bits per heavy atom. The SMILES string of the molecule is CC1(C)CCCC(Nc2cn[nH]c(=O)c2Cl)C1. The van der Waals surface area contributed by atoms with Crippen molar-refractivity contribution >= 4 is 17.3 Å². The normalized spacial score (nSPS) is 23.4. The largest absolute Gasteiger partial charge is 0.380 e. The number of hydrogen-bond acceptors (Lipinski definition) is 3. The fraction of sp³-hybridized carbons (Fsp3) is 0.667. The van der Waals surface area contributed by atoms with Gasteiger partial charge in [0.15, 0.2) is 0 Å². The Labute approximate surface area is 106 Å². The van der Waals surface area contributed by atoms with Crippen LogP contribution < -0.4 is 10.9 Å². The van der Waals surface area contributed by atoms with Gasteiger partial charge in [-0.2, -0.15) is 5.10 Å². The summed E-state index contributed by atoms with van der Waals surface area (Å²) in [7, 11) is 0. The lowest BCUT2D eigenvalue weighted by molar-refractivity contribution is 0.229. The molecule has 2 rings (SSSR count). The predicted molar refractivity (Wildman–Crippen MR) is 69.5 cm³/mol. The van der Waals surface area contributed by atoms with E-state index < -0.39 is 0 Å². The Morgan fingerprint density at radius 3 is 3.06 bits per heavy atom. The Bertz CT molecular complexity index is 455. The minimum Gasteiger partial charge on any atom is -0.380 e. The molecular weight excluding hydrogens is 238 g/mol. The lowest BCUT2D eigenvalue weighted by Gasteiger charge is -2.36. The molecule has 5 heteroatoms. The van der Waals surface area contributed by atoms with Crippen molar-refractivity contribution in [1.29, 1.82) is 0 Å². The molecule has 94 valence electrons. The van der Waals surface area contributed by atoms with Gasteiger partial charge in [-0.05, 0) is 24.7 Å². The molecule has 4 nitrogen and oxygen atoms in total. The average Bonchev–Trinajstić information content (AvgIpc) is 2.23. The van der Waals surface area contributed by atoms with E-state index in [4.69, 9.17) is 11.6 Å². The van der Waals surface area contributed by atoms with Crippen LogP contribution in [0.2, 0.25) is 5.02 Å². The molecule has 1 aliphatic carbocycles. The average molecular weight is 256 g/mol. The Hall–Kier alpha value is -1.03. The van der Waals surface area contributed by atoms with Crippen molar-refractivity contribution in [3.8, 4) is 0 Å². The maximum atomic E-state index is 11.3. The fourth-order valence-electron chi connectivity index (χ4n) is 2.53. The van der Waals surface area contributed by atoms with Gasteiger partial charge in [-0.3, -0.25) is 4.79 Å². The molecule has 2 N–H and O–H groups in total. The van der Waals surface area contributed by atoms with E-state index in [1.807, 2.05) is 0 Å². The smallest absolute Gasteiger partial charge is 0.285 e. The number of hydrogen-bond donors (Lipinski definition) is 2. The molecule has 0 bridgehead atoms. The van der Waals surface area contributed by atoms with E-state index in [-0.39, 0.29) is 10.6 Å². The monoisotopic (exact) mass is 255 g/mol. The minimum atomic E-state index is -0.341. The number of aromatic amines is 1. The van der Waals surface area contributed by atoms with Crippen molar-refractivity contribution in [3.05, 3.63) is 21.6 Å². The van der Waals surface area contributed by atoms with Crippen LogP contribution in [0.5, 0.6) is 0 Å². The molecule has 1 atom stereocenters. The second-order valence-corrected chi connectivity index (χ2v) is 5.91. The molecule has 1 aliphatic rings. The Balaban J connectivity index is 2.11. The molecule has 1 heterocycles. The molecule has 17 heavy (non-hydrogen) atoms. The van der Waals surface area contributed by atoms with E-state index in [1.54, 1.807) is 6.20 Å². The fourth-order valence-corrected chi connectivity index (χ4v) is 2.67. The molecule has 1 unspecified atom stereocenters. The van der Waals surface area contributed by atoms with Gasteiger partial charge in [-0.1, -0.05) is 31.9 Å². The first-order valence-corrected chi connectivity index (χ1v) is 6.35. The molecule has 0 aromatic carbocycles. The van der Waals surface area contributed by atoms with Gasteiger partial charge in [0.1, 0.15) is 5.02 Å². The van der Waals surface area contributed by atoms with Crippen molar-refractivity contribution < 1.29 is 0 Å². The zero-order chi connectivity index (χ0) is 12.5. The van der Waals surface area contributed by atoms with Gasteiger partial charge in [0.25, 0.3) is 5.56 Å². The molecule has 0 aliphatic heterocycles. The third-order valence-electron chi connectivity index (χ3n) is 3.36. The molecule has 1 aromatic rings. The van der Waals surface area contributed by atoms with Crippen molar-refractivity contribution in [2.75, 3.05) is 5.32 Å². The maximum Gasteiger partial charge on any atom is 0.285 e. The van der Waals surface area contributed by atoms with Gasteiger partial charge in [0.2, 0.25) is 0 Å². The van der Waals surface area contributed by atoms with E-state index >= 15 is 0 Å². The van der Waals surface area contributed by atoms with Crippen LogP contribution in [0.3, 0.4) is 0 Å². The van der Waals surface area contributed by atoms with Crippen LogP contribution in [0.1, 0.15) is 39.5 Å². The Morgan fingerprint density at radius 1 is 1.59 bits per heavy atom. The first-order chi connectivity index (χ1) is 7.98. The first kappa shape index (κ1) is 12.4. The molecule has 0 amide bonds. The Kier molecular flexibility index (Phi) is 3.43. The van der Waals surface area contributed by atoms with E-state index in [0.717, 1.165) is 12.8 Å². The second kappa shape index (κ2) is 4.69. The summed E-state index contributed by atoms with van der Waals surface area (Å²) in [6.07, 6.45) is 6.25.